The molecule has 4 aliphatic carbocycles. The molecule has 0 bridgehead atoms. The standard InChI is InChI=1S/C23H38O2/c1-14-12-20-18-7-6-16-13-17(25)8-10-21(16,3)19(18)9-11-22(20,4)23(14,5)15(2)24/h6,14-15,17-20,24-25H,7-13H2,1-5H3/t14-,15?,17?,18?,19?,20?,21?,22?,23-/m1/s1. The van der Waals surface area contributed by atoms with Gasteiger partial charge in [-0.2, -0.15) is 0 Å². The van der Waals surface area contributed by atoms with Gasteiger partial charge in [0.1, 0.15) is 0 Å². The van der Waals surface area contributed by atoms with E-state index in [9.17, 15) is 10.2 Å². The van der Waals surface area contributed by atoms with Gasteiger partial charge in [-0.3, -0.25) is 0 Å². The van der Waals surface area contributed by atoms with Gasteiger partial charge < -0.3 is 10.2 Å². The van der Waals surface area contributed by atoms with E-state index >= 15 is 0 Å². The van der Waals surface area contributed by atoms with Gasteiger partial charge in [0.15, 0.2) is 0 Å². The van der Waals surface area contributed by atoms with Crippen LogP contribution in [0.5, 0.6) is 0 Å². The summed E-state index contributed by atoms with van der Waals surface area (Å²) in [4.78, 5) is 0. The average Bonchev–Trinajstić information content (AvgIpc) is 2.77. The van der Waals surface area contributed by atoms with Crippen molar-refractivity contribution in [2.24, 2.45) is 39.9 Å². The largest absolute Gasteiger partial charge is 0.393 e. The minimum absolute atomic E-state index is 0.0380. The first-order valence-electron chi connectivity index (χ1n) is 10.7. The normalized spacial score (nSPS) is 56.4. The Hall–Kier alpha value is -0.340. The molecule has 0 aromatic rings. The van der Waals surface area contributed by atoms with E-state index < -0.39 is 0 Å². The zero-order chi connectivity index (χ0) is 18.2. The zero-order valence-corrected chi connectivity index (χ0v) is 16.9. The van der Waals surface area contributed by atoms with Crippen molar-refractivity contribution in [2.45, 2.75) is 91.8 Å². The predicted octanol–water partition coefficient (Wildman–Crippen LogP) is 4.94. The molecule has 0 aromatic heterocycles. The molecular formula is C23H38O2. The Balaban J connectivity index is 1.71. The van der Waals surface area contributed by atoms with E-state index in [1.807, 2.05) is 6.92 Å². The lowest BCUT2D eigenvalue weighted by molar-refractivity contribution is -0.116. The molecule has 2 nitrogen and oxygen atoms in total. The van der Waals surface area contributed by atoms with Gasteiger partial charge >= 0.3 is 0 Å². The van der Waals surface area contributed by atoms with Crippen molar-refractivity contribution in [1.29, 1.82) is 0 Å². The third-order valence-electron chi connectivity index (χ3n) is 10.2. The molecule has 3 saturated carbocycles. The summed E-state index contributed by atoms with van der Waals surface area (Å²) in [5.74, 6) is 2.88. The van der Waals surface area contributed by atoms with Gasteiger partial charge in [0, 0.05) is 5.41 Å². The second kappa shape index (κ2) is 5.58. The molecule has 25 heavy (non-hydrogen) atoms. The van der Waals surface area contributed by atoms with E-state index in [-0.39, 0.29) is 23.0 Å². The number of aliphatic hydroxyl groups excluding tert-OH is 2. The van der Waals surface area contributed by atoms with E-state index in [1.54, 1.807) is 5.57 Å². The molecule has 0 heterocycles. The van der Waals surface area contributed by atoms with Crippen LogP contribution in [0, 0.1) is 39.9 Å². The van der Waals surface area contributed by atoms with Crippen LogP contribution < -0.4 is 0 Å². The maximum absolute atomic E-state index is 10.7. The first kappa shape index (κ1) is 18.0. The molecule has 4 aliphatic rings. The van der Waals surface area contributed by atoms with Gasteiger partial charge in [-0.25, -0.2) is 0 Å². The highest BCUT2D eigenvalue weighted by molar-refractivity contribution is 5.26. The van der Waals surface area contributed by atoms with E-state index in [2.05, 4.69) is 33.8 Å². The second-order valence-corrected chi connectivity index (χ2v) is 10.7. The number of hydrogen-bond donors (Lipinski definition) is 2. The van der Waals surface area contributed by atoms with Crippen LogP contribution in [0.15, 0.2) is 11.6 Å². The van der Waals surface area contributed by atoms with Crippen molar-refractivity contribution in [1.82, 2.24) is 0 Å². The predicted molar refractivity (Wildman–Crippen MR) is 102 cm³/mol. The quantitative estimate of drug-likeness (QED) is 0.660. The maximum Gasteiger partial charge on any atom is 0.0577 e. The van der Waals surface area contributed by atoms with Crippen LogP contribution in [0.25, 0.3) is 0 Å². The number of aliphatic hydroxyl groups is 2. The van der Waals surface area contributed by atoms with Crippen LogP contribution in [0.4, 0.5) is 0 Å². The van der Waals surface area contributed by atoms with Crippen LogP contribution in [0.1, 0.15) is 79.6 Å². The Kier molecular flexibility index (Phi) is 4.03. The van der Waals surface area contributed by atoms with Crippen molar-refractivity contribution in [3.8, 4) is 0 Å². The zero-order valence-electron chi connectivity index (χ0n) is 16.9. The Morgan fingerprint density at radius 3 is 2.52 bits per heavy atom. The highest BCUT2D eigenvalue weighted by Gasteiger charge is 2.65. The minimum Gasteiger partial charge on any atom is -0.393 e. The van der Waals surface area contributed by atoms with E-state index in [1.165, 1.54) is 25.7 Å². The summed E-state index contributed by atoms with van der Waals surface area (Å²) in [6.45, 7) is 11.8. The van der Waals surface area contributed by atoms with Gasteiger partial charge in [-0.15, -0.1) is 0 Å². The van der Waals surface area contributed by atoms with Crippen LogP contribution in [-0.2, 0) is 0 Å². The van der Waals surface area contributed by atoms with Crippen molar-refractivity contribution in [3.63, 3.8) is 0 Å². The highest BCUT2D eigenvalue weighted by Crippen LogP contribution is 2.71. The van der Waals surface area contributed by atoms with Crippen LogP contribution in [0.3, 0.4) is 0 Å². The molecule has 3 fully saturated rings. The molecule has 0 amide bonds. The van der Waals surface area contributed by atoms with Crippen LogP contribution in [0.2, 0.25) is 0 Å². The number of fused-ring (bicyclic) bond motifs is 5. The lowest BCUT2D eigenvalue weighted by Gasteiger charge is -2.60. The second-order valence-electron chi connectivity index (χ2n) is 10.7. The van der Waals surface area contributed by atoms with Crippen molar-refractivity contribution in [2.75, 3.05) is 0 Å². The minimum atomic E-state index is -0.232. The molecule has 0 aromatic carbocycles. The third-order valence-corrected chi connectivity index (χ3v) is 10.2. The lowest BCUT2D eigenvalue weighted by Crippen LogP contribution is -2.54. The molecule has 142 valence electrons. The summed E-state index contributed by atoms with van der Waals surface area (Å²) in [6, 6.07) is 0. The SMILES string of the molecule is CC(O)[C@@]1(C)[C@H](C)CC2C3CC=C4CC(O)CCC4(C)C3CCC21C. The smallest absolute Gasteiger partial charge is 0.0577 e. The fourth-order valence-corrected chi connectivity index (χ4v) is 8.14. The van der Waals surface area contributed by atoms with Gasteiger partial charge in [0.2, 0.25) is 0 Å². The fourth-order valence-electron chi connectivity index (χ4n) is 8.14. The number of hydrogen-bond acceptors (Lipinski definition) is 2. The third kappa shape index (κ3) is 2.16. The summed E-state index contributed by atoms with van der Waals surface area (Å²) in [5.41, 5.74) is 2.17. The highest BCUT2D eigenvalue weighted by atomic mass is 16.3. The molecular weight excluding hydrogens is 308 g/mol. The molecule has 2 heteroatoms. The molecule has 0 saturated heterocycles. The van der Waals surface area contributed by atoms with Crippen molar-refractivity contribution >= 4 is 0 Å². The fraction of sp³-hybridized carbons (Fsp3) is 0.913. The molecule has 0 aliphatic heterocycles. The molecule has 0 radical (unpaired) electrons. The Bertz CT molecular complexity index is 581. The topological polar surface area (TPSA) is 40.5 Å². The van der Waals surface area contributed by atoms with Crippen LogP contribution in [-0.4, -0.2) is 22.4 Å². The Morgan fingerprint density at radius 1 is 1.12 bits per heavy atom. The Labute approximate surface area is 154 Å². The van der Waals surface area contributed by atoms with Gasteiger partial charge in [-0.05, 0) is 86.4 Å². The van der Waals surface area contributed by atoms with Crippen LogP contribution >= 0.6 is 0 Å². The monoisotopic (exact) mass is 346 g/mol. The lowest BCUT2D eigenvalue weighted by atomic mass is 9.45. The number of rotatable bonds is 1. The van der Waals surface area contributed by atoms with Crippen molar-refractivity contribution < 1.29 is 10.2 Å². The summed E-state index contributed by atoms with van der Waals surface area (Å²) >= 11 is 0. The average molecular weight is 347 g/mol. The first-order valence-corrected chi connectivity index (χ1v) is 10.7. The summed E-state index contributed by atoms with van der Waals surface area (Å²) in [7, 11) is 0. The summed E-state index contributed by atoms with van der Waals surface area (Å²) in [6.07, 6.45) is 10.2. The van der Waals surface area contributed by atoms with Gasteiger partial charge in [-0.1, -0.05) is 39.3 Å². The molecule has 7 unspecified atom stereocenters. The molecule has 0 spiro atoms. The Morgan fingerprint density at radius 2 is 1.84 bits per heavy atom. The van der Waals surface area contributed by atoms with Crippen molar-refractivity contribution in [3.05, 3.63) is 11.6 Å². The summed E-state index contributed by atoms with van der Waals surface area (Å²) in [5, 5.41) is 20.9. The molecule has 9 atom stereocenters. The van der Waals surface area contributed by atoms with Gasteiger partial charge in [0.25, 0.3) is 0 Å². The molecule has 2 N–H and O–H groups in total. The summed E-state index contributed by atoms with van der Waals surface area (Å²) < 4.78 is 0. The first-order chi connectivity index (χ1) is 11.6. The number of allylic oxidation sites excluding steroid dienone is 1. The maximum atomic E-state index is 10.7. The molecule has 4 rings (SSSR count). The van der Waals surface area contributed by atoms with E-state index in [4.69, 9.17) is 0 Å². The van der Waals surface area contributed by atoms with Gasteiger partial charge in [0.05, 0.1) is 12.2 Å². The van der Waals surface area contributed by atoms with E-state index in [0.29, 0.717) is 11.3 Å². The van der Waals surface area contributed by atoms with E-state index in [0.717, 1.165) is 37.0 Å².